The van der Waals surface area contributed by atoms with E-state index >= 15 is 0 Å². The van der Waals surface area contributed by atoms with E-state index in [2.05, 4.69) is 49.5 Å². The third-order valence-corrected chi connectivity index (χ3v) is 3.43. The number of likely N-dealkylation sites (N-methyl/N-ethyl adjacent to an activating group) is 1. The SMILES string of the molecule is CCNC(Cc1ccc(CC)cc1)c1ccc(C)o1. The van der Waals surface area contributed by atoms with Gasteiger partial charge in [-0.05, 0) is 49.6 Å². The molecule has 2 aromatic rings. The van der Waals surface area contributed by atoms with Crippen LogP contribution in [0.1, 0.15) is 42.5 Å². The zero-order chi connectivity index (χ0) is 13.7. The summed E-state index contributed by atoms with van der Waals surface area (Å²) in [6.45, 7) is 7.24. The Bertz CT molecular complexity index is 498. The highest BCUT2D eigenvalue weighted by Gasteiger charge is 2.14. The quantitative estimate of drug-likeness (QED) is 0.844. The van der Waals surface area contributed by atoms with Crippen molar-refractivity contribution < 1.29 is 4.42 Å². The lowest BCUT2D eigenvalue weighted by Crippen LogP contribution is -2.22. The van der Waals surface area contributed by atoms with Crippen LogP contribution >= 0.6 is 0 Å². The van der Waals surface area contributed by atoms with Crippen molar-refractivity contribution in [1.29, 1.82) is 0 Å². The van der Waals surface area contributed by atoms with Gasteiger partial charge < -0.3 is 9.73 Å². The summed E-state index contributed by atoms with van der Waals surface area (Å²) in [7, 11) is 0. The van der Waals surface area contributed by atoms with Crippen molar-refractivity contribution in [3.63, 3.8) is 0 Å². The number of hydrogen-bond acceptors (Lipinski definition) is 2. The zero-order valence-corrected chi connectivity index (χ0v) is 12.1. The maximum absolute atomic E-state index is 5.75. The summed E-state index contributed by atoms with van der Waals surface area (Å²) in [6, 6.07) is 13.2. The summed E-state index contributed by atoms with van der Waals surface area (Å²) in [4.78, 5) is 0. The lowest BCUT2D eigenvalue weighted by atomic mass is 10.0. The molecule has 0 amide bonds. The molecule has 1 aromatic heterocycles. The Morgan fingerprint density at radius 1 is 1.00 bits per heavy atom. The Kier molecular flexibility index (Phi) is 4.80. The molecule has 0 aliphatic rings. The number of rotatable bonds is 6. The van der Waals surface area contributed by atoms with Gasteiger partial charge in [0, 0.05) is 0 Å². The minimum Gasteiger partial charge on any atom is -0.465 e. The van der Waals surface area contributed by atoms with Crippen LogP contribution in [0.4, 0.5) is 0 Å². The fourth-order valence-corrected chi connectivity index (χ4v) is 2.31. The van der Waals surface area contributed by atoms with Gasteiger partial charge in [-0.2, -0.15) is 0 Å². The number of benzene rings is 1. The predicted molar refractivity (Wildman–Crippen MR) is 79.4 cm³/mol. The van der Waals surface area contributed by atoms with E-state index in [1.165, 1.54) is 11.1 Å². The Hall–Kier alpha value is -1.54. The highest BCUT2D eigenvalue weighted by atomic mass is 16.3. The summed E-state index contributed by atoms with van der Waals surface area (Å²) < 4.78 is 5.75. The average molecular weight is 257 g/mol. The van der Waals surface area contributed by atoms with Crippen LogP contribution in [0.2, 0.25) is 0 Å². The third kappa shape index (κ3) is 3.71. The maximum atomic E-state index is 5.75. The summed E-state index contributed by atoms with van der Waals surface area (Å²) in [5, 5.41) is 3.50. The van der Waals surface area contributed by atoms with Gasteiger partial charge in [-0.3, -0.25) is 0 Å². The minimum absolute atomic E-state index is 0.256. The Labute approximate surface area is 115 Å². The molecule has 0 saturated heterocycles. The molecule has 1 unspecified atom stereocenters. The molecule has 2 rings (SSSR count). The molecule has 0 aliphatic carbocycles. The molecule has 0 aliphatic heterocycles. The summed E-state index contributed by atoms with van der Waals surface area (Å²) in [5.41, 5.74) is 2.73. The maximum Gasteiger partial charge on any atom is 0.121 e. The normalized spacial score (nSPS) is 12.6. The first-order chi connectivity index (χ1) is 9.22. The number of aryl methyl sites for hydroxylation is 2. The molecule has 1 N–H and O–H groups in total. The van der Waals surface area contributed by atoms with E-state index in [9.17, 15) is 0 Å². The highest BCUT2D eigenvalue weighted by molar-refractivity contribution is 5.24. The van der Waals surface area contributed by atoms with E-state index in [0.717, 1.165) is 30.9 Å². The van der Waals surface area contributed by atoms with Crippen molar-refractivity contribution in [3.8, 4) is 0 Å². The summed E-state index contributed by atoms with van der Waals surface area (Å²) >= 11 is 0. The first-order valence-electron chi connectivity index (χ1n) is 7.10. The van der Waals surface area contributed by atoms with Crippen LogP contribution in [0, 0.1) is 6.92 Å². The molecule has 2 heteroatoms. The van der Waals surface area contributed by atoms with Crippen molar-refractivity contribution >= 4 is 0 Å². The van der Waals surface area contributed by atoms with Crippen LogP contribution in [-0.4, -0.2) is 6.54 Å². The molecule has 1 aromatic carbocycles. The van der Waals surface area contributed by atoms with E-state index < -0.39 is 0 Å². The largest absolute Gasteiger partial charge is 0.465 e. The van der Waals surface area contributed by atoms with Crippen LogP contribution in [0.15, 0.2) is 40.8 Å². The zero-order valence-electron chi connectivity index (χ0n) is 12.1. The van der Waals surface area contributed by atoms with Gasteiger partial charge in [0.1, 0.15) is 11.5 Å². The standard InChI is InChI=1S/C17H23NO/c1-4-14-7-9-15(10-8-14)12-16(18-5-2)17-11-6-13(3)19-17/h6-11,16,18H,4-5,12H2,1-3H3. The second-order valence-electron chi connectivity index (χ2n) is 4.93. The van der Waals surface area contributed by atoms with Gasteiger partial charge >= 0.3 is 0 Å². The lowest BCUT2D eigenvalue weighted by Gasteiger charge is -2.16. The number of furan rings is 1. The first kappa shape index (κ1) is 13.9. The minimum atomic E-state index is 0.256. The van der Waals surface area contributed by atoms with Crippen molar-refractivity contribution in [2.24, 2.45) is 0 Å². The van der Waals surface area contributed by atoms with Crippen LogP contribution in [0.5, 0.6) is 0 Å². The van der Waals surface area contributed by atoms with Crippen LogP contribution in [0.25, 0.3) is 0 Å². The highest BCUT2D eigenvalue weighted by Crippen LogP contribution is 2.21. The van der Waals surface area contributed by atoms with Crippen molar-refractivity contribution in [1.82, 2.24) is 5.32 Å². The first-order valence-corrected chi connectivity index (χ1v) is 7.10. The smallest absolute Gasteiger partial charge is 0.121 e. The topological polar surface area (TPSA) is 25.2 Å². The predicted octanol–water partition coefficient (Wildman–Crippen LogP) is 4.04. The molecule has 19 heavy (non-hydrogen) atoms. The van der Waals surface area contributed by atoms with Gasteiger partial charge in [-0.15, -0.1) is 0 Å². The van der Waals surface area contributed by atoms with Gasteiger partial charge in [0.05, 0.1) is 6.04 Å². The molecule has 102 valence electrons. The van der Waals surface area contributed by atoms with E-state index in [0.29, 0.717) is 0 Å². The van der Waals surface area contributed by atoms with Gasteiger partial charge in [-0.1, -0.05) is 38.1 Å². The van der Waals surface area contributed by atoms with Crippen molar-refractivity contribution in [3.05, 3.63) is 59.0 Å². The van der Waals surface area contributed by atoms with Crippen LogP contribution in [0.3, 0.4) is 0 Å². The fraction of sp³-hybridized carbons (Fsp3) is 0.412. The molecule has 0 spiro atoms. The van der Waals surface area contributed by atoms with Crippen LogP contribution < -0.4 is 5.32 Å². The van der Waals surface area contributed by atoms with Gasteiger partial charge in [-0.25, -0.2) is 0 Å². The van der Waals surface area contributed by atoms with Crippen molar-refractivity contribution in [2.75, 3.05) is 6.54 Å². The molecule has 0 radical (unpaired) electrons. The Balaban J connectivity index is 2.11. The van der Waals surface area contributed by atoms with E-state index in [-0.39, 0.29) is 6.04 Å². The fourth-order valence-electron chi connectivity index (χ4n) is 2.31. The number of hydrogen-bond donors (Lipinski definition) is 1. The van der Waals surface area contributed by atoms with Crippen LogP contribution in [-0.2, 0) is 12.8 Å². The Morgan fingerprint density at radius 2 is 1.68 bits per heavy atom. The molecule has 0 fully saturated rings. The second kappa shape index (κ2) is 6.58. The molecule has 0 saturated carbocycles. The van der Waals surface area contributed by atoms with Gasteiger partial charge in [0.15, 0.2) is 0 Å². The van der Waals surface area contributed by atoms with Gasteiger partial charge in [0.2, 0.25) is 0 Å². The number of nitrogens with one attached hydrogen (secondary N) is 1. The molecule has 1 heterocycles. The Morgan fingerprint density at radius 3 is 2.21 bits per heavy atom. The van der Waals surface area contributed by atoms with Crippen molar-refractivity contribution in [2.45, 2.75) is 39.7 Å². The molecule has 2 nitrogen and oxygen atoms in total. The van der Waals surface area contributed by atoms with Gasteiger partial charge in [0.25, 0.3) is 0 Å². The molecular formula is C17H23NO. The molecule has 0 bridgehead atoms. The van der Waals surface area contributed by atoms with E-state index in [1.807, 2.05) is 13.0 Å². The third-order valence-electron chi connectivity index (χ3n) is 3.43. The van der Waals surface area contributed by atoms with E-state index in [4.69, 9.17) is 4.42 Å². The molecule has 1 atom stereocenters. The average Bonchev–Trinajstić information content (AvgIpc) is 2.86. The lowest BCUT2D eigenvalue weighted by molar-refractivity contribution is 0.403. The monoisotopic (exact) mass is 257 g/mol. The van der Waals surface area contributed by atoms with E-state index in [1.54, 1.807) is 0 Å². The second-order valence-corrected chi connectivity index (χ2v) is 4.93. The summed E-state index contributed by atoms with van der Waals surface area (Å²) in [5.74, 6) is 2.00. The summed E-state index contributed by atoms with van der Waals surface area (Å²) in [6.07, 6.45) is 2.05. The molecular weight excluding hydrogens is 234 g/mol.